The summed E-state index contributed by atoms with van der Waals surface area (Å²) in [7, 11) is 1.67. The summed E-state index contributed by atoms with van der Waals surface area (Å²) in [4.78, 5) is 8.33. The Morgan fingerprint density at radius 1 is 1.35 bits per heavy atom. The summed E-state index contributed by atoms with van der Waals surface area (Å²) in [5.74, 6) is 5.85. The molecule has 0 aliphatic carbocycles. The lowest BCUT2D eigenvalue weighted by atomic mass is 10.1. The molecule has 0 aliphatic heterocycles. The van der Waals surface area contributed by atoms with Crippen molar-refractivity contribution in [1.29, 1.82) is 0 Å². The number of nitrogens with zero attached hydrogens (tertiary/aromatic N) is 2. The standard InChI is InChI=1S/C12H15N5/c1-14-12(17-13)16-8-10-5-2-4-9-6-3-7-15-11(9)10/h2-7H,8,13H2,1H3,(H2,14,16,17). The molecular formula is C12H15N5. The number of para-hydroxylation sites is 1. The maximum Gasteiger partial charge on any atom is 0.205 e. The van der Waals surface area contributed by atoms with Crippen LogP contribution in [0.1, 0.15) is 5.56 Å². The molecule has 1 aromatic carbocycles. The van der Waals surface area contributed by atoms with Gasteiger partial charge >= 0.3 is 0 Å². The molecule has 5 nitrogen and oxygen atoms in total. The van der Waals surface area contributed by atoms with Crippen molar-refractivity contribution in [2.24, 2.45) is 10.8 Å². The minimum Gasteiger partial charge on any atom is -0.351 e. The number of benzene rings is 1. The van der Waals surface area contributed by atoms with Crippen molar-refractivity contribution >= 4 is 16.9 Å². The molecule has 0 unspecified atom stereocenters. The van der Waals surface area contributed by atoms with Gasteiger partial charge in [0.2, 0.25) is 5.96 Å². The smallest absolute Gasteiger partial charge is 0.205 e. The molecule has 1 aromatic heterocycles. The van der Waals surface area contributed by atoms with E-state index >= 15 is 0 Å². The number of pyridine rings is 1. The van der Waals surface area contributed by atoms with Gasteiger partial charge in [0.15, 0.2) is 0 Å². The lowest BCUT2D eigenvalue weighted by Gasteiger charge is -2.09. The van der Waals surface area contributed by atoms with Crippen molar-refractivity contribution in [2.75, 3.05) is 7.05 Å². The van der Waals surface area contributed by atoms with Crippen LogP contribution in [-0.2, 0) is 6.54 Å². The van der Waals surface area contributed by atoms with Gasteiger partial charge in [0, 0.05) is 25.2 Å². The van der Waals surface area contributed by atoms with Crippen molar-refractivity contribution in [2.45, 2.75) is 6.54 Å². The number of hydrogen-bond donors (Lipinski definition) is 3. The molecule has 0 atom stereocenters. The van der Waals surface area contributed by atoms with Crippen molar-refractivity contribution in [3.63, 3.8) is 0 Å². The van der Waals surface area contributed by atoms with Gasteiger partial charge < -0.3 is 5.32 Å². The van der Waals surface area contributed by atoms with E-state index < -0.39 is 0 Å². The van der Waals surface area contributed by atoms with Crippen molar-refractivity contribution in [3.05, 3.63) is 42.1 Å². The van der Waals surface area contributed by atoms with Crippen LogP contribution in [-0.4, -0.2) is 18.0 Å². The van der Waals surface area contributed by atoms with Crippen LogP contribution in [0.2, 0.25) is 0 Å². The Balaban J connectivity index is 2.24. The van der Waals surface area contributed by atoms with Crippen LogP contribution in [0, 0.1) is 0 Å². The summed E-state index contributed by atoms with van der Waals surface area (Å²) >= 11 is 0. The topological polar surface area (TPSA) is 75.3 Å². The largest absolute Gasteiger partial charge is 0.351 e. The summed E-state index contributed by atoms with van der Waals surface area (Å²) in [5, 5.41) is 4.23. The Morgan fingerprint density at radius 2 is 2.18 bits per heavy atom. The van der Waals surface area contributed by atoms with Crippen LogP contribution in [0.3, 0.4) is 0 Å². The van der Waals surface area contributed by atoms with E-state index in [1.165, 1.54) is 0 Å². The van der Waals surface area contributed by atoms with E-state index in [9.17, 15) is 0 Å². The second-order valence-corrected chi connectivity index (χ2v) is 3.56. The monoisotopic (exact) mass is 229 g/mol. The molecule has 0 aliphatic rings. The van der Waals surface area contributed by atoms with E-state index in [4.69, 9.17) is 5.84 Å². The van der Waals surface area contributed by atoms with Crippen molar-refractivity contribution < 1.29 is 0 Å². The molecule has 2 rings (SSSR count). The van der Waals surface area contributed by atoms with Crippen molar-refractivity contribution in [3.8, 4) is 0 Å². The van der Waals surface area contributed by atoms with Crippen LogP contribution in [0.4, 0.5) is 0 Å². The molecule has 17 heavy (non-hydrogen) atoms. The number of aliphatic imine (C=N–C) groups is 1. The van der Waals surface area contributed by atoms with Crippen LogP contribution in [0.5, 0.6) is 0 Å². The van der Waals surface area contributed by atoms with Gasteiger partial charge in [-0.3, -0.25) is 15.4 Å². The van der Waals surface area contributed by atoms with Crippen LogP contribution >= 0.6 is 0 Å². The van der Waals surface area contributed by atoms with E-state index in [0.29, 0.717) is 12.5 Å². The number of nitrogens with one attached hydrogen (secondary N) is 2. The highest BCUT2D eigenvalue weighted by Crippen LogP contribution is 2.15. The lowest BCUT2D eigenvalue weighted by Crippen LogP contribution is -2.41. The minimum atomic E-state index is 0.554. The number of nitrogens with two attached hydrogens (primary N) is 1. The molecule has 0 saturated carbocycles. The SMILES string of the molecule is CN=C(NN)NCc1cccc2cccnc12. The van der Waals surface area contributed by atoms with Gasteiger partial charge in [-0.25, -0.2) is 5.84 Å². The molecule has 0 amide bonds. The summed E-state index contributed by atoms with van der Waals surface area (Å²) in [6.07, 6.45) is 1.79. The van der Waals surface area contributed by atoms with Crippen LogP contribution < -0.4 is 16.6 Å². The number of hydrazine groups is 1. The quantitative estimate of drug-likeness (QED) is 0.308. The maximum absolute atomic E-state index is 5.30. The normalized spacial score (nSPS) is 11.5. The number of fused-ring (bicyclic) bond motifs is 1. The molecule has 2 aromatic rings. The van der Waals surface area contributed by atoms with E-state index in [0.717, 1.165) is 16.5 Å². The molecular weight excluding hydrogens is 214 g/mol. The Morgan fingerprint density at radius 3 is 2.94 bits per heavy atom. The third-order valence-electron chi connectivity index (χ3n) is 2.52. The predicted molar refractivity (Wildman–Crippen MR) is 69.3 cm³/mol. The van der Waals surface area contributed by atoms with E-state index in [-0.39, 0.29) is 0 Å². The Bertz CT molecular complexity index is 530. The van der Waals surface area contributed by atoms with Gasteiger partial charge in [0.05, 0.1) is 5.52 Å². The maximum atomic E-state index is 5.30. The lowest BCUT2D eigenvalue weighted by molar-refractivity contribution is 0.843. The zero-order valence-corrected chi connectivity index (χ0v) is 9.64. The molecule has 5 heteroatoms. The Hall–Kier alpha value is -2.14. The van der Waals surface area contributed by atoms with Gasteiger partial charge in [0.25, 0.3) is 0 Å². The number of hydrogen-bond acceptors (Lipinski definition) is 3. The number of aromatic nitrogens is 1. The van der Waals surface area contributed by atoms with Gasteiger partial charge in [-0.1, -0.05) is 24.3 Å². The first-order chi connectivity index (χ1) is 8.35. The minimum absolute atomic E-state index is 0.554. The Kier molecular flexibility index (Phi) is 3.52. The van der Waals surface area contributed by atoms with Gasteiger partial charge in [-0.05, 0) is 11.6 Å². The molecule has 0 radical (unpaired) electrons. The highest BCUT2D eigenvalue weighted by Gasteiger charge is 2.02. The fourth-order valence-electron chi connectivity index (χ4n) is 1.68. The Labute approximate surface area is 99.7 Å². The summed E-state index contributed by atoms with van der Waals surface area (Å²) in [6.45, 7) is 0.630. The van der Waals surface area contributed by atoms with E-state index in [1.807, 2.05) is 30.3 Å². The molecule has 1 heterocycles. The van der Waals surface area contributed by atoms with Gasteiger partial charge in [0.1, 0.15) is 0 Å². The zero-order chi connectivity index (χ0) is 12.1. The molecule has 4 N–H and O–H groups in total. The first-order valence-corrected chi connectivity index (χ1v) is 5.35. The second kappa shape index (κ2) is 5.27. The molecule has 0 saturated heterocycles. The van der Waals surface area contributed by atoms with E-state index in [2.05, 4.69) is 20.7 Å². The first-order valence-electron chi connectivity index (χ1n) is 5.35. The molecule has 0 fully saturated rings. The fraction of sp³-hybridized carbons (Fsp3) is 0.167. The molecule has 88 valence electrons. The number of guanidine groups is 1. The first kappa shape index (κ1) is 11.3. The van der Waals surface area contributed by atoms with Crippen LogP contribution in [0.25, 0.3) is 10.9 Å². The fourth-order valence-corrected chi connectivity index (χ4v) is 1.68. The second-order valence-electron chi connectivity index (χ2n) is 3.56. The summed E-state index contributed by atoms with van der Waals surface area (Å²) in [5.41, 5.74) is 4.59. The van der Waals surface area contributed by atoms with Gasteiger partial charge in [-0.2, -0.15) is 0 Å². The third kappa shape index (κ3) is 2.51. The average molecular weight is 229 g/mol. The average Bonchev–Trinajstić information content (AvgIpc) is 2.40. The third-order valence-corrected chi connectivity index (χ3v) is 2.52. The predicted octanol–water partition coefficient (Wildman–Crippen LogP) is 0.774. The summed E-state index contributed by atoms with van der Waals surface area (Å²) in [6, 6.07) is 10.1. The van der Waals surface area contributed by atoms with Gasteiger partial charge in [-0.15, -0.1) is 0 Å². The number of rotatable bonds is 2. The summed E-state index contributed by atoms with van der Waals surface area (Å²) < 4.78 is 0. The highest BCUT2D eigenvalue weighted by molar-refractivity contribution is 5.83. The molecule has 0 spiro atoms. The van der Waals surface area contributed by atoms with Crippen molar-refractivity contribution in [1.82, 2.24) is 15.7 Å². The zero-order valence-electron chi connectivity index (χ0n) is 9.64. The molecule has 0 bridgehead atoms. The van der Waals surface area contributed by atoms with Crippen LogP contribution in [0.15, 0.2) is 41.5 Å². The highest BCUT2D eigenvalue weighted by atomic mass is 15.3. The van der Waals surface area contributed by atoms with E-state index in [1.54, 1.807) is 13.2 Å².